The molecule has 2 heterocycles. The van der Waals surface area contributed by atoms with E-state index >= 15 is 0 Å². The fourth-order valence-electron chi connectivity index (χ4n) is 2.75. The molecule has 1 aromatic heterocycles. The van der Waals surface area contributed by atoms with Crippen LogP contribution >= 0.6 is 0 Å². The van der Waals surface area contributed by atoms with E-state index in [1.165, 1.54) is 19.4 Å². The van der Waals surface area contributed by atoms with E-state index in [1.54, 1.807) is 17.9 Å². The van der Waals surface area contributed by atoms with Gasteiger partial charge >= 0.3 is 0 Å². The standard InChI is InChI=1S/C14H25N5O/c1-11(12-5-4-6-18(3)8-12)17-13-7-16-19(9-13)10-14(20)15-2/h7,9,11-12,17H,4-6,8,10H2,1-3H3,(H,15,20). The first-order valence-corrected chi connectivity index (χ1v) is 7.26. The number of rotatable bonds is 5. The smallest absolute Gasteiger partial charge is 0.241 e. The maximum atomic E-state index is 11.3. The first-order chi connectivity index (χ1) is 9.58. The van der Waals surface area contributed by atoms with Gasteiger partial charge in [-0.2, -0.15) is 5.10 Å². The lowest BCUT2D eigenvalue weighted by molar-refractivity contribution is -0.121. The number of anilines is 1. The van der Waals surface area contributed by atoms with Crippen LogP contribution in [-0.4, -0.2) is 53.8 Å². The Morgan fingerprint density at radius 2 is 2.40 bits per heavy atom. The van der Waals surface area contributed by atoms with Crippen LogP contribution in [0.15, 0.2) is 12.4 Å². The normalized spacial score (nSPS) is 21.4. The van der Waals surface area contributed by atoms with Gasteiger partial charge in [0.1, 0.15) is 6.54 Å². The molecule has 1 fully saturated rings. The Hall–Kier alpha value is -1.56. The van der Waals surface area contributed by atoms with E-state index in [4.69, 9.17) is 0 Å². The highest BCUT2D eigenvalue weighted by atomic mass is 16.1. The minimum atomic E-state index is -0.0402. The van der Waals surface area contributed by atoms with Crippen molar-refractivity contribution >= 4 is 11.6 Å². The molecule has 2 N–H and O–H groups in total. The number of carbonyl (C=O) groups is 1. The number of carbonyl (C=O) groups excluding carboxylic acids is 1. The van der Waals surface area contributed by atoms with E-state index in [0.29, 0.717) is 12.0 Å². The van der Waals surface area contributed by atoms with Gasteiger partial charge in [-0.3, -0.25) is 9.48 Å². The van der Waals surface area contributed by atoms with Crippen molar-refractivity contribution in [2.45, 2.75) is 32.4 Å². The highest BCUT2D eigenvalue weighted by molar-refractivity contribution is 5.75. The molecular formula is C14H25N5O. The van der Waals surface area contributed by atoms with E-state index in [2.05, 4.69) is 34.6 Å². The minimum absolute atomic E-state index is 0.0402. The van der Waals surface area contributed by atoms with Crippen LogP contribution in [0.4, 0.5) is 5.69 Å². The van der Waals surface area contributed by atoms with Crippen molar-refractivity contribution in [2.75, 3.05) is 32.5 Å². The topological polar surface area (TPSA) is 62.2 Å². The molecule has 112 valence electrons. The third kappa shape index (κ3) is 3.96. The summed E-state index contributed by atoms with van der Waals surface area (Å²) in [6.45, 7) is 4.83. The molecule has 0 spiro atoms. The fourth-order valence-corrected chi connectivity index (χ4v) is 2.75. The van der Waals surface area contributed by atoms with Crippen molar-refractivity contribution in [2.24, 2.45) is 5.92 Å². The quantitative estimate of drug-likeness (QED) is 0.836. The number of piperidine rings is 1. The Morgan fingerprint density at radius 3 is 3.10 bits per heavy atom. The van der Waals surface area contributed by atoms with Crippen LogP contribution in [-0.2, 0) is 11.3 Å². The number of amides is 1. The van der Waals surface area contributed by atoms with Crippen molar-refractivity contribution < 1.29 is 4.79 Å². The van der Waals surface area contributed by atoms with Crippen LogP contribution < -0.4 is 10.6 Å². The van der Waals surface area contributed by atoms with Crippen molar-refractivity contribution in [1.82, 2.24) is 20.0 Å². The second-order valence-corrected chi connectivity index (χ2v) is 5.70. The molecule has 6 nitrogen and oxygen atoms in total. The third-order valence-corrected chi connectivity index (χ3v) is 3.98. The van der Waals surface area contributed by atoms with Gasteiger partial charge in [-0.1, -0.05) is 0 Å². The van der Waals surface area contributed by atoms with Gasteiger partial charge in [0, 0.05) is 25.8 Å². The average molecular weight is 279 g/mol. The summed E-state index contributed by atoms with van der Waals surface area (Å²) in [5.41, 5.74) is 0.981. The third-order valence-electron chi connectivity index (χ3n) is 3.98. The summed E-state index contributed by atoms with van der Waals surface area (Å²) < 4.78 is 1.65. The molecule has 0 radical (unpaired) electrons. The van der Waals surface area contributed by atoms with Gasteiger partial charge in [0.25, 0.3) is 0 Å². The lowest BCUT2D eigenvalue weighted by atomic mass is 9.92. The lowest BCUT2D eigenvalue weighted by Gasteiger charge is -2.34. The summed E-state index contributed by atoms with van der Waals surface area (Å²) in [5, 5.41) is 10.3. The van der Waals surface area contributed by atoms with Gasteiger partial charge < -0.3 is 15.5 Å². The molecule has 6 heteroatoms. The summed E-state index contributed by atoms with van der Waals surface area (Å²) in [4.78, 5) is 13.7. The second-order valence-electron chi connectivity index (χ2n) is 5.70. The lowest BCUT2D eigenvalue weighted by Crippen LogP contribution is -2.39. The summed E-state index contributed by atoms with van der Waals surface area (Å²) in [7, 11) is 3.81. The molecule has 2 atom stereocenters. The number of aromatic nitrogens is 2. The van der Waals surface area contributed by atoms with E-state index in [-0.39, 0.29) is 12.5 Å². The van der Waals surface area contributed by atoms with Crippen LogP contribution in [0.5, 0.6) is 0 Å². The molecule has 0 aromatic carbocycles. The molecule has 0 saturated carbocycles. The van der Waals surface area contributed by atoms with Crippen molar-refractivity contribution in [1.29, 1.82) is 0 Å². The zero-order valence-corrected chi connectivity index (χ0v) is 12.6. The van der Waals surface area contributed by atoms with E-state index in [1.807, 2.05) is 6.20 Å². The van der Waals surface area contributed by atoms with Crippen molar-refractivity contribution in [3.05, 3.63) is 12.4 Å². The molecule has 0 bridgehead atoms. The van der Waals surface area contributed by atoms with E-state index in [0.717, 1.165) is 12.2 Å². The maximum Gasteiger partial charge on any atom is 0.241 e. The van der Waals surface area contributed by atoms with Crippen molar-refractivity contribution in [3.63, 3.8) is 0 Å². The molecule has 2 rings (SSSR count). The minimum Gasteiger partial charge on any atom is -0.380 e. The van der Waals surface area contributed by atoms with Crippen LogP contribution in [0.2, 0.25) is 0 Å². The molecule has 1 amide bonds. The number of hydrogen-bond acceptors (Lipinski definition) is 4. The van der Waals surface area contributed by atoms with Gasteiger partial charge in [-0.15, -0.1) is 0 Å². The molecule has 1 saturated heterocycles. The molecule has 20 heavy (non-hydrogen) atoms. The molecule has 1 aromatic rings. The highest BCUT2D eigenvalue weighted by Crippen LogP contribution is 2.21. The molecule has 1 aliphatic heterocycles. The van der Waals surface area contributed by atoms with Gasteiger partial charge in [-0.25, -0.2) is 0 Å². The van der Waals surface area contributed by atoms with Crippen LogP contribution in [0.25, 0.3) is 0 Å². The van der Waals surface area contributed by atoms with E-state index in [9.17, 15) is 4.79 Å². The van der Waals surface area contributed by atoms with Gasteiger partial charge in [-0.05, 0) is 39.3 Å². The Balaban J connectivity index is 1.87. The van der Waals surface area contributed by atoms with Gasteiger partial charge in [0.15, 0.2) is 0 Å². The average Bonchev–Trinajstić information content (AvgIpc) is 2.85. The summed E-state index contributed by atoms with van der Waals surface area (Å²) in [6.07, 6.45) is 6.21. The van der Waals surface area contributed by atoms with Crippen LogP contribution in [0.1, 0.15) is 19.8 Å². The largest absolute Gasteiger partial charge is 0.380 e. The predicted molar refractivity (Wildman–Crippen MR) is 79.6 cm³/mol. The van der Waals surface area contributed by atoms with Crippen LogP contribution in [0, 0.1) is 5.92 Å². The number of likely N-dealkylation sites (tertiary alicyclic amines) is 1. The Labute approximate surface area is 120 Å². The number of hydrogen-bond donors (Lipinski definition) is 2. The zero-order valence-electron chi connectivity index (χ0n) is 12.6. The SMILES string of the molecule is CNC(=O)Cn1cc(NC(C)C2CCCN(C)C2)cn1. The van der Waals surface area contributed by atoms with Crippen molar-refractivity contribution in [3.8, 4) is 0 Å². The van der Waals surface area contributed by atoms with E-state index < -0.39 is 0 Å². The zero-order chi connectivity index (χ0) is 14.5. The summed E-state index contributed by atoms with van der Waals surface area (Å²) in [5.74, 6) is 0.623. The second kappa shape index (κ2) is 6.74. The van der Waals surface area contributed by atoms with Gasteiger partial charge in [0.05, 0.1) is 11.9 Å². The molecule has 2 unspecified atom stereocenters. The summed E-state index contributed by atoms with van der Waals surface area (Å²) in [6, 6.07) is 0.412. The fraction of sp³-hybridized carbons (Fsp3) is 0.714. The highest BCUT2D eigenvalue weighted by Gasteiger charge is 2.22. The maximum absolute atomic E-state index is 11.3. The first-order valence-electron chi connectivity index (χ1n) is 7.26. The summed E-state index contributed by atoms with van der Waals surface area (Å²) >= 11 is 0. The van der Waals surface area contributed by atoms with Crippen LogP contribution in [0.3, 0.4) is 0 Å². The Bertz CT molecular complexity index is 445. The first kappa shape index (κ1) is 14.8. The van der Waals surface area contributed by atoms with Gasteiger partial charge in [0.2, 0.25) is 5.91 Å². The molecule has 0 aliphatic carbocycles. The number of nitrogens with zero attached hydrogens (tertiary/aromatic N) is 3. The number of likely N-dealkylation sites (N-methyl/N-ethyl adjacent to an activating group) is 1. The Morgan fingerprint density at radius 1 is 1.60 bits per heavy atom. The molecular weight excluding hydrogens is 254 g/mol. The number of nitrogens with one attached hydrogen (secondary N) is 2. The predicted octanol–water partition coefficient (Wildman–Crippen LogP) is 0.771. The Kier molecular flexibility index (Phi) is 5.00. The monoisotopic (exact) mass is 279 g/mol. The molecule has 1 aliphatic rings.